The number of hydrogen-bond acceptors (Lipinski definition) is 3. The molecule has 0 amide bonds. The van der Waals surface area contributed by atoms with Crippen LogP contribution in [-0.4, -0.2) is 19.7 Å². The molecule has 0 radical (unpaired) electrons. The predicted molar refractivity (Wildman–Crippen MR) is 65.6 cm³/mol. The minimum Gasteiger partial charge on any atom is -0.495 e. The number of hydrogen-bond donors (Lipinski definition) is 1. The number of benzene rings is 1. The molecular weight excluding hydrogens is 188 g/mol. The minimum absolute atomic E-state index is 0.435. The molecule has 2 N–H and O–H groups in total. The number of methoxy groups -OCH3 is 1. The van der Waals surface area contributed by atoms with Gasteiger partial charge in [0.15, 0.2) is 0 Å². The Morgan fingerprint density at radius 3 is 2.53 bits per heavy atom. The van der Waals surface area contributed by atoms with Crippen molar-refractivity contribution >= 4 is 11.4 Å². The van der Waals surface area contributed by atoms with Gasteiger partial charge in [0, 0.05) is 12.6 Å². The summed E-state index contributed by atoms with van der Waals surface area (Å²) in [6.07, 6.45) is 0. The Balaban J connectivity index is 3.12. The van der Waals surface area contributed by atoms with Crippen molar-refractivity contribution in [1.82, 2.24) is 0 Å². The van der Waals surface area contributed by atoms with Crippen LogP contribution in [0.15, 0.2) is 18.2 Å². The van der Waals surface area contributed by atoms with Crippen molar-refractivity contribution in [2.24, 2.45) is 0 Å². The standard InChI is InChI=1S/C12H20N2O/c1-5-14(9(2)3)10-7-6-8-11(15-4)12(10)13/h6-9H,5,13H2,1-4H3. The van der Waals surface area contributed by atoms with Crippen molar-refractivity contribution in [3.05, 3.63) is 18.2 Å². The second-order valence-corrected chi connectivity index (χ2v) is 3.77. The van der Waals surface area contributed by atoms with Gasteiger partial charge >= 0.3 is 0 Å². The van der Waals surface area contributed by atoms with E-state index in [4.69, 9.17) is 10.5 Å². The Labute approximate surface area is 91.8 Å². The maximum atomic E-state index is 6.04. The fraction of sp³-hybridized carbons (Fsp3) is 0.500. The first-order valence-electron chi connectivity index (χ1n) is 5.30. The molecule has 0 aliphatic heterocycles. The molecule has 0 unspecified atom stereocenters. The lowest BCUT2D eigenvalue weighted by Gasteiger charge is -2.29. The van der Waals surface area contributed by atoms with E-state index >= 15 is 0 Å². The lowest BCUT2D eigenvalue weighted by molar-refractivity contribution is 0.417. The first-order valence-corrected chi connectivity index (χ1v) is 5.30. The summed E-state index contributed by atoms with van der Waals surface area (Å²) in [5.74, 6) is 0.742. The van der Waals surface area contributed by atoms with Crippen LogP contribution in [0, 0.1) is 0 Å². The van der Waals surface area contributed by atoms with Crippen LogP contribution in [0.1, 0.15) is 20.8 Å². The Kier molecular flexibility index (Phi) is 3.83. The van der Waals surface area contributed by atoms with E-state index < -0.39 is 0 Å². The summed E-state index contributed by atoms with van der Waals surface area (Å²) in [7, 11) is 1.64. The van der Waals surface area contributed by atoms with Gasteiger partial charge in [-0.15, -0.1) is 0 Å². The average Bonchev–Trinajstić information content (AvgIpc) is 2.21. The van der Waals surface area contributed by atoms with Gasteiger partial charge in [0.05, 0.1) is 18.5 Å². The highest BCUT2D eigenvalue weighted by Gasteiger charge is 2.13. The summed E-state index contributed by atoms with van der Waals surface area (Å²) in [6, 6.07) is 6.31. The van der Waals surface area contributed by atoms with E-state index in [0.29, 0.717) is 6.04 Å². The van der Waals surface area contributed by atoms with Crippen LogP contribution < -0.4 is 15.4 Å². The summed E-state index contributed by atoms with van der Waals surface area (Å²) in [5.41, 5.74) is 7.81. The SMILES string of the molecule is CCN(c1cccc(OC)c1N)C(C)C. The molecule has 1 aromatic rings. The van der Waals surface area contributed by atoms with Gasteiger partial charge in [0.25, 0.3) is 0 Å². The lowest BCUT2D eigenvalue weighted by atomic mass is 10.2. The highest BCUT2D eigenvalue weighted by molar-refractivity contribution is 5.74. The smallest absolute Gasteiger partial charge is 0.143 e. The molecule has 1 rings (SSSR count). The van der Waals surface area contributed by atoms with Gasteiger partial charge in [0.1, 0.15) is 5.75 Å². The molecule has 0 aromatic heterocycles. The lowest BCUT2D eigenvalue weighted by Crippen LogP contribution is -2.31. The van der Waals surface area contributed by atoms with Crippen LogP contribution in [0.4, 0.5) is 11.4 Å². The summed E-state index contributed by atoms with van der Waals surface area (Å²) in [4.78, 5) is 2.25. The molecule has 0 fully saturated rings. The van der Waals surface area contributed by atoms with Crippen LogP contribution in [0.3, 0.4) is 0 Å². The third-order valence-corrected chi connectivity index (χ3v) is 2.54. The van der Waals surface area contributed by atoms with Gasteiger partial charge in [-0.2, -0.15) is 0 Å². The second kappa shape index (κ2) is 4.91. The number of nitrogen functional groups attached to an aromatic ring is 1. The van der Waals surface area contributed by atoms with Gasteiger partial charge in [-0.05, 0) is 32.9 Å². The number of rotatable bonds is 4. The molecule has 3 heteroatoms. The zero-order valence-electron chi connectivity index (χ0n) is 9.95. The number of nitrogens with zero attached hydrogens (tertiary/aromatic N) is 1. The van der Waals surface area contributed by atoms with Crippen molar-refractivity contribution in [2.45, 2.75) is 26.8 Å². The first-order chi connectivity index (χ1) is 7.11. The van der Waals surface area contributed by atoms with Gasteiger partial charge < -0.3 is 15.4 Å². The minimum atomic E-state index is 0.435. The summed E-state index contributed by atoms with van der Waals surface area (Å²) >= 11 is 0. The Morgan fingerprint density at radius 2 is 2.07 bits per heavy atom. The molecule has 0 saturated carbocycles. The van der Waals surface area contributed by atoms with Crippen molar-refractivity contribution in [2.75, 3.05) is 24.3 Å². The van der Waals surface area contributed by atoms with Crippen molar-refractivity contribution < 1.29 is 4.74 Å². The van der Waals surface area contributed by atoms with Gasteiger partial charge in [-0.1, -0.05) is 6.07 Å². The largest absolute Gasteiger partial charge is 0.495 e. The van der Waals surface area contributed by atoms with E-state index in [1.807, 2.05) is 18.2 Å². The molecule has 3 nitrogen and oxygen atoms in total. The van der Waals surface area contributed by atoms with E-state index in [1.165, 1.54) is 0 Å². The third-order valence-electron chi connectivity index (χ3n) is 2.54. The fourth-order valence-electron chi connectivity index (χ4n) is 1.77. The van der Waals surface area contributed by atoms with E-state index in [1.54, 1.807) is 7.11 Å². The number of para-hydroxylation sites is 1. The third kappa shape index (κ3) is 2.35. The molecule has 0 atom stereocenters. The second-order valence-electron chi connectivity index (χ2n) is 3.77. The van der Waals surface area contributed by atoms with Crippen LogP contribution in [0.2, 0.25) is 0 Å². The van der Waals surface area contributed by atoms with Gasteiger partial charge in [-0.25, -0.2) is 0 Å². The van der Waals surface area contributed by atoms with Crippen molar-refractivity contribution in [1.29, 1.82) is 0 Å². The number of anilines is 2. The normalized spacial score (nSPS) is 10.5. The Hall–Kier alpha value is -1.38. The zero-order valence-corrected chi connectivity index (χ0v) is 9.95. The molecule has 0 spiro atoms. The topological polar surface area (TPSA) is 38.5 Å². The Bertz CT molecular complexity index is 323. The maximum Gasteiger partial charge on any atom is 0.143 e. The van der Waals surface area contributed by atoms with Crippen LogP contribution in [-0.2, 0) is 0 Å². The van der Waals surface area contributed by atoms with Gasteiger partial charge in [0.2, 0.25) is 0 Å². The molecule has 0 heterocycles. The van der Waals surface area contributed by atoms with E-state index in [0.717, 1.165) is 23.7 Å². The quantitative estimate of drug-likeness (QED) is 0.773. The van der Waals surface area contributed by atoms with Gasteiger partial charge in [-0.3, -0.25) is 0 Å². The van der Waals surface area contributed by atoms with Crippen molar-refractivity contribution in [3.63, 3.8) is 0 Å². The number of ether oxygens (including phenoxy) is 1. The van der Waals surface area contributed by atoms with Crippen LogP contribution in [0.25, 0.3) is 0 Å². The molecule has 1 aromatic carbocycles. The fourth-order valence-corrected chi connectivity index (χ4v) is 1.77. The highest BCUT2D eigenvalue weighted by Crippen LogP contribution is 2.32. The predicted octanol–water partition coefficient (Wildman–Crippen LogP) is 2.51. The molecule has 0 aliphatic carbocycles. The molecular formula is C12H20N2O. The van der Waals surface area contributed by atoms with E-state index in [-0.39, 0.29) is 0 Å². The van der Waals surface area contributed by atoms with Crippen LogP contribution in [0.5, 0.6) is 5.75 Å². The summed E-state index contributed by atoms with van der Waals surface area (Å²) < 4.78 is 5.21. The molecule has 84 valence electrons. The van der Waals surface area contributed by atoms with E-state index in [2.05, 4.69) is 25.7 Å². The molecule has 15 heavy (non-hydrogen) atoms. The maximum absolute atomic E-state index is 6.04. The Morgan fingerprint density at radius 1 is 1.40 bits per heavy atom. The summed E-state index contributed by atoms with van der Waals surface area (Å²) in [5, 5.41) is 0. The van der Waals surface area contributed by atoms with E-state index in [9.17, 15) is 0 Å². The molecule has 0 saturated heterocycles. The molecule has 0 bridgehead atoms. The summed E-state index contributed by atoms with van der Waals surface area (Å²) in [6.45, 7) is 7.37. The molecule has 0 aliphatic rings. The highest BCUT2D eigenvalue weighted by atomic mass is 16.5. The zero-order chi connectivity index (χ0) is 11.4. The van der Waals surface area contributed by atoms with Crippen LogP contribution >= 0.6 is 0 Å². The average molecular weight is 208 g/mol. The monoisotopic (exact) mass is 208 g/mol. The first kappa shape index (κ1) is 11.7. The number of nitrogens with two attached hydrogens (primary N) is 1. The van der Waals surface area contributed by atoms with Crippen molar-refractivity contribution in [3.8, 4) is 5.75 Å².